The number of amides is 2. The normalized spacial score (nSPS) is 13.4. The van der Waals surface area contributed by atoms with Crippen LogP contribution < -0.4 is 10.9 Å². The highest BCUT2D eigenvalue weighted by molar-refractivity contribution is 5.74. The number of hydrogen-bond donors (Lipinski definition) is 1. The van der Waals surface area contributed by atoms with Gasteiger partial charge in [0, 0.05) is 57.2 Å². The van der Waals surface area contributed by atoms with Gasteiger partial charge in [-0.15, -0.1) is 0 Å². The van der Waals surface area contributed by atoms with Crippen LogP contribution in [-0.4, -0.2) is 52.5 Å². The maximum atomic E-state index is 12.3. The maximum Gasteiger partial charge on any atom is 0.317 e. The first-order chi connectivity index (χ1) is 12.2. The Morgan fingerprint density at radius 3 is 3.08 bits per heavy atom. The van der Waals surface area contributed by atoms with Crippen LogP contribution in [-0.2, 0) is 24.2 Å². The molecule has 2 aromatic heterocycles. The molecule has 2 aromatic rings. The number of methoxy groups -OCH3 is 1. The molecule has 0 fully saturated rings. The van der Waals surface area contributed by atoms with Crippen molar-refractivity contribution in [2.45, 2.75) is 19.5 Å². The molecule has 0 bridgehead atoms. The van der Waals surface area contributed by atoms with Gasteiger partial charge in [0.05, 0.1) is 18.8 Å². The fourth-order valence-electron chi connectivity index (χ4n) is 2.76. The van der Waals surface area contributed by atoms with Gasteiger partial charge in [0.1, 0.15) is 0 Å². The molecule has 1 aliphatic rings. The largest absolute Gasteiger partial charge is 0.383 e. The molecule has 0 aromatic carbocycles. The van der Waals surface area contributed by atoms with E-state index < -0.39 is 0 Å². The molecule has 132 valence electrons. The number of carbonyl (C=O) groups excluding carboxylic acids is 1. The van der Waals surface area contributed by atoms with Crippen LogP contribution in [0.3, 0.4) is 0 Å². The second kappa shape index (κ2) is 7.89. The number of carbonyl (C=O) groups is 1. The fraction of sp³-hybridized carbons (Fsp3) is 0.412. The Hall–Kier alpha value is -2.74. The average Bonchev–Trinajstić information content (AvgIpc) is 2.63. The molecule has 3 rings (SSSR count). The van der Waals surface area contributed by atoms with Gasteiger partial charge >= 0.3 is 6.03 Å². The molecule has 0 saturated heterocycles. The minimum Gasteiger partial charge on any atom is -0.383 e. The second-order valence-electron chi connectivity index (χ2n) is 5.87. The summed E-state index contributed by atoms with van der Waals surface area (Å²) in [5.74, 6) is 0. The highest BCUT2D eigenvalue weighted by atomic mass is 16.5. The summed E-state index contributed by atoms with van der Waals surface area (Å²) in [6.45, 7) is 2.29. The van der Waals surface area contributed by atoms with E-state index in [9.17, 15) is 9.59 Å². The fourth-order valence-corrected chi connectivity index (χ4v) is 2.76. The molecular weight excluding hydrogens is 322 g/mol. The molecule has 0 unspecified atom stereocenters. The van der Waals surface area contributed by atoms with E-state index in [1.54, 1.807) is 30.5 Å². The zero-order valence-corrected chi connectivity index (χ0v) is 14.1. The number of hydrogen-bond acceptors (Lipinski definition) is 5. The summed E-state index contributed by atoms with van der Waals surface area (Å²) < 4.78 is 6.37. The number of urea groups is 1. The van der Waals surface area contributed by atoms with Gasteiger partial charge in [0.25, 0.3) is 5.56 Å². The topological polar surface area (TPSA) is 89.3 Å². The Morgan fingerprint density at radius 2 is 2.32 bits per heavy atom. The van der Waals surface area contributed by atoms with E-state index in [2.05, 4.69) is 15.4 Å². The van der Waals surface area contributed by atoms with Crippen molar-refractivity contribution in [1.29, 1.82) is 0 Å². The minimum absolute atomic E-state index is 0.151. The van der Waals surface area contributed by atoms with Gasteiger partial charge in [0.2, 0.25) is 0 Å². The number of rotatable bonds is 5. The number of fused-ring (bicyclic) bond motifs is 1. The van der Waals surface area contributed by atoms with Crippen LogP contribution in [0.2, 0.25) is 0 Å². The molecule has 0 spiro atoms. The van der Waals surface area contributed by atoms with Gasteiger partial charge in [-0.05, 0) is 11.6 Å². The van der Waals surface area contributed by atoms with E-state index >= 15 is 0 Å². The lowest BCUT2D eigenvalue weighted by Crippen LogP contribution is -2.44. The highest BCUT2D eigenvalue weighted by Crippen LogP contribution is 2.15. The second-order valence-corrected chi connectivity index (χ2v) is 5.87. The number of pyridine rings is 1. The van der Waals surface area contributed by atoms with Gasteiger partial charge in [0.15, 0.2) is 0 Å². The quantitative estimate of drug-likeness (QED) is 0.794. The first-order valence-electron chi connectivity index (χ1n) is 8.18. The molecule has 8 heteroatoms. The summed E-state index contributed by atoms with van der Waals surface area (Å²) in [6.07, 6.45) is 4.04. The van der Waals surface area contributed by atoms with Crippen molar-refractivity contribution in [3.63, 3.8) is 0 Å². The smallest absolute Gasteiger partial charge is 0.317 e. The third kappa shape index (κ3) is 4.21. The monoisotopic (exact) mass is 343 g/mol. The van der Waals surface area contributed by atoms with Crippen molar-refractivity contribution in [2.24, 2.45) is 0 Å². The SMILES string of the molecule is COCCNC(=O)N1CCc2nn(Cc3cccnc3)c(=O)cc2C1. The first kappa shape index (κ1) is 17.1. The number of nitrogens with one attached hydrogen (secondary N) is 1. The zero-order valence-electron chi connectivity index (χ0n) is 14.1. The molecule has 1 aliphatic heterocycles. The molecule has 0 saturated carbocycles. The van der Waals surface area contributed by atoms with Crippen molar-refractivity contribution in [3.8, 4) is 0 Å². The first-order valence-corrected chi connectivity index (χ1v) is 8.18. The predicted molar refractivity (Wildman–Crippen MR) is 91.2 cm³/mol. The molecule has 0 aliphatic carbocycles. The highest BCUT2D eigenvalue weighted by Gasteiger charge is 2.22. The maximum absolute atomic E-state index is 12.3. The molecule has 1 N–H and O–H groups in total. The van der Waals surface area contributed by atoms with Crippen molar-refractivity contribution < 1.29 is 9.53 Å². The van der Waals surface area contributed by atoms with E-state index in [1.807, 2.05) is 12.1 Å². The van der Waals surface area contributed by atoms with Crippen molar-refractivity contribution in [3.05, 3.63) is 57.8 Å². The summed E-state index contributed by atoms with van der Waals surface area (Å²) >= 11 is 0. The Bertz CT molecular complexity index is 791. The van der Waals surface area contributed by atoms with Gasteiger partial charge < -0.3 is 15.0 Å². The lowest BCUT2D eigenvalue weighted by atomic mass is 10.1. The lowest BCUT2D eigenvalue weighted by Gasteiger charge is -2.28. The summed E-state index contributed by atoms with van der Waals surface area (Å²) in [5.41, 5.74) is 2.42. The minimum atomic E-state index is -0.177. The Kier molecular flexibility index (Phi) is 5.39. The van der Waals surface area contributed by atoms with Crippen molar-refractivity contribution >= 4 is 6.03 Å². The molecular formula is C17H21N5O3. The summed E-state index contributed by atoms with van der Waals surface area (Å²) in [7, 11) is 1.59. The molecule has 8 nitrogen and oxygen atoms in total. The summed E-state index contributed by atoms with van der Waals surface area (Å²) in [6, 6.07) is 5.17. The van der Waals surface area contributed by atoms with E-state index in [-0.39, 0.29) is 11.6 Å². The van der Waals surface area contributed by atoms with Gasteiger partial charge in [-0.3, -0.25) is 9.78 Å². The Balaban J connectivity index is 1.71. The third-order valence-electron chi connectivity index (χ3n) is 4.07. The van der Waals surface area contributed by atoms with Crippen LogP contribution in [0.15, 0.2) is 35.4 Å². The molecule has 3 heterocycles. The van der Waals surface area contributed by atoms with Gasteiger partial charge in [-0.2, -0.15) is 5.10 Å². The van der Waals surface area contributed by atoms with Crippen LogP contribution in [0.1, 0.15) is 16.8 Å². The van der Waals surface area contributed by atoms with Crippen LogP contribution in [0.4, 0.5) is 4.79 Å². The Morgan fingerprint density at radius 1 is 1.44 bits per heavy atom. The Labute approximate surface area is 145 Å². The molecule has 0 atom stereocenters. The predicted octanol–water partition coefficient (Wildman–Crippen LogP) is 0.401. The van der Waals surface area contributed by atoms with E-state index in [0.29, 0.717) is 39.2 Å². The van der Waals surface area contributed by atoms with Gasteiger partial charge in [-0.25, -0.2) is 9.48 Å². The van der Waals surface area contributed by atoms with E-state index in [4.69, 9.17) is 4.74 Å². The zero-order chi connectivity index (χ0) is 17.6. The van der Waals surface area contributed by atoms with Crippen LogP contribution in [0, 0.1) is 0 Å². The standard InChI is InChI=1S/C17H21N5O3/c1-25-8-6-19-17(24)21-7-4-15-14(12-21)9-16(23)22(20-15)11-13-3-2-5-18-10-13/h2-3,5,9-10H,4,6-8,11-12H2,1H3,(H,19,24). The van der Waals surface area contributed by atoms with Crippen LogP contribution in [0.25, 0.3) is 0 Å². The molecule has 0 radical (unpaired) electrons. The lowest BCUT2D eigenvalue weighted by molar-refractivity contribution is 0.175. The molecule has 25 heavy (non-hydrogen) atoms. The third-order valence-corrected chi connectivity index (χ3v) is 4.07. The van der Waals surface area contributed by atoms with Crippen LogP contribution >= 0.6 is 0 Å². The average molecular weight is 343 g/mol. The number of nitrogens with zero attached hydrogens (tertiary/aromatic N) is 4. The van der Waals surface area contributed by atoms with Crippen LogP contribution in [0.5, 0.6) is 0 Å². The number of ether oxygens (including phenoxy) is 1. The molecule has 2 amide bonds. The van der Waals surface area contributed by atoms with Crippen molar-refractivity contribution in [2.75, 3.05) is 26.8 Å². The van der Waals surface area contributed by atoms with E-state index in [0.717, 1.165) is 16.8 Å². The summed E-state index contributed by atoms with van der Waals surface area (Å²) in [5, 5.41) is 7.27. The van der Waals surface area contributed by atoms with Gasteiger partial charge in [-0.1, -0.05) is 6.07 Å². The number of aromatic nitrogens is 3. The van der Waals surface area contributed by atoms with Crippen molar-refractivity contribution in [1.82, 2.24) is 25.0 Å². The van der Waals surface area contributed by atoms with E-state index in [1.165, 1.54) is 4.68 Å². The summed E-state index contributed by atoms with van der Waals surface area (Å²) in [4.78, 5) is 30.2.